The largest absolute Gasteiger partial charge is 0.478 e. The van der Waals surface area contributed by atoms with E-state index < -0.39 is 5.97 Å². The summed E-state index contributed by atoms with van der Waals surface area (Å²) >= 11 is 3.25. The van der Waals surface area contributed by atoms with Gasteiger partial charge in [0.2, 0.25) is 0 Å². The van der Waals surface area contributed by atoms with E-state index >= 15 is 0 Å². The Hall–Kier alpha value is -1.62. The Morgan fingerprint density at radius 1 is 1.47 bits per heavy atom. The summed E-state index contributed by atoms with van der Waals surface area (Å²) in [4.78, 5) is 11.1. The number of carboxylic acid groups (broad SMARTS) is 1. The summed E-state index contributed by atoms with van der Waals surface area (Å²) in [6.45, 7) is 4.89. The van der Waals surface area contributed by atoms with Crippen molar-refractivity contribution in [1.29, 1.82) is 0 Å². The van der Waals surface area contributed by atoms with Gasteiger partial charge >= 0.3 is 5.97 Å². The van der Waals surface area contributed by atoms with E-state index in [4.69, 9.17) is 5.11 Å². The third-order valence-electron chi connectivity index (χ3n) is 2.91. The molecule has 1 N–H and O–H groups in total. The van der Waals surface area contributed by atoms with Crippen molar-refractivity contribution in [2.24, 2.45) is 0 Å². The molecule has 1 aromatic heterocycles. The zero-order valence-electron chi connectivity index (χ0n) is 10.9. The molecule has 5 heteroatoms. The number of carbonyl (C=O) groups is 1. The van der Waals surface area contributed by atoms with Crippen molar-refractivity contribution in [2.75, 3.05) is 0 Å². The Balaban J connectivity index is 2.47. The van der Waals surface area contributed by atoms with Gasteiger partial charge in [0.25, 0.3) is 0 Å². The number of benzene rings is 1. The quantitative estimate of drug-likeness (QED) is 0.933. The Bertz CT molecular complexity index is 620. The van der Waals surface area contributed by atoms with E-state index in [1.165, 1.54) is 0 Å². The van der Waals surface area contributed by atoms with Gasteiger partial charge in [0.15, 0.2) is 0 Å². The minimum atomic E-state index is -0.938. The summed E-state index contributed by atoms with van der Waals surface area (Å²) in [7, 11) is 0. The van der Waals surface area contributed by atoms with E-state index in [2.05, 4.69) is 28.0 Å². The minimum Gasteiger partial charge on any atom is -0.478 e. The standard InChI is InChI=1S/C14H15BrN2O2/c1-3-6-17-8-12(9(2)16-17)10-4-5-13(15)11(7-10)14(18)19/h4-5,7-8H,3,6H2,1-2H3,(H,18,19). The maximum atomic E-state index is 11.1. The van der Waals surface area contributed by atoms with Gasteiger partial charge in [-0.25, -0.2) is 4.79 Å². The summed E-state index contributed by atoms with van der Waals surface area (Å²) in [6, 6.07) is 5.33. The van der Waals surface area contributed by atoms with E-state index in [9.17, 15) is 4.79 Å². The van der Waals surface area contributed by atoms with Crippen LogP contribution < -0.4 is 0 Å². The first-order chi connectivity index (χ1) is 9.02. The molecule has 0 aliphatic carbocycles. The lowest BCUT2D eigenvalue weighted by atomic mass is 10.0. The van der Waals surface area contributed by atoms with Crippen molar-refractivity contribution in [3.63, 3.8) is 0 Å². The van der Waals surface area contributed by atoms with Gasteiger partial charge in [0.05, 0.1) is 11.3 Å². The number of aromatic nitrogens is 2. The van der Waals surface area contributed by atoms with Crippen molar-refractivity contribution in [3.05, 3.63) is 40.1 Å². The number of hydrogen-bond donors (Lipinski definition) is 1. The molecule has 4 nitrogen and oxygen atoms in total. The molecule has 0 spiro atoms. The Morgan fingerprint density at radius 3 is 2.84 bits per heavy atom. The van der Waals surface area contributed by atoms with Crippen LogP contribution in [-0.2, 0) is 6.54 Å². The zero-order valence-corrected chi connectivity index (χ0v) is 12.4. The van der Waals surface area contributed by atoms with Gasteiger partial charge in [-0.15, -0.1) is 0 Å². The van der Waals surface area contributed by atoms with Crippen molar-refractivity contribution in [1.82, 2.24) is 9.78 Å². The van der Waals surface area contributed by atoms with Crippen LogP contribution in [0.15, 0.2) is 28.9 Å². The Morgan fingerprint density at radius 2 is 2.21 bits per heavy atom. The summed E-state index contributed by atoms with van der Waals surface area (Å²) in [5, 5.41) is 13.6. The fourth-order valence-corrected chi connectivity index (χ4v) is 2.42. The van der Waals surface area contributed by atoms with Crippen molar-refractivity contribution < 1.29 is 9.90 Å². The van der Waals surface area contributed by atoms with Crippen LogP contribution in [0.2, 0.25) is 0 Å². The number of hydrogen-bond acceptors (Lipinski definition) is 2. The van der Waals surface area contributed by atoms with E-state index in [0.717, 1.165) is 29.8 Å². The van der Waals surface area contributed by atoms with Crippen LogP contribution in [0.3, 0.4) is 0 Å². The molecular weight excluding hydrogens is 308 g/mol. The molecular formula is C14H15BrN2O2. The van der Waals surface area contributed by atoms with Gasteiger partial charge in [0.1, 0.15) is 0 Å². The normalized spacial score (nSPS) is 10.7. The number of rotatable bonds is 4. The Labute approximate surface area is 120 Å². The van der Waals surface area contributed by atoms with Crippen LogP contribution in [-0.4, -0.2) is 20.9 Å². The van der Waals surface area contributed by atoms with E-state index in [1.807, 2.05) is 23.9 Å². The van der Waals surface area contributed by atoms with Crippen molar-refractivity contribution in [3.8, 4) is 11.1 Å². The summed E-state index contributed by atoms with van der Waals surface area (Å²) in [6.07, 6.45) is 2.98. The molecule has 100 valence electrons. The molecule has 1 aromatic carbocycles. The van der Waals surface area contributed by atoms with Crippen molar-refractivity contribution >= 4 is 21.9 Å². The van der Waals surface area contributed by atoms with Crippen LogP contribution in [0, 0.1) is 6.92 Å². The summed E-state index contributed by atoms with van der Waals surface area (Å²) in [5.74, 6) is -0.938. The number of halogens is 1. The maximum absolute atomic E-state index is 11.1. The van der Waals surface area contributed by atoms with E-state index in [1.54, 1.807) is 12.1 Å². The minimum absolute atomic E-state index is 0.264. The van der Waals surface area contributed by atoms with Crippen LogP contribution in [0.5, 0.6) is 0 Å². The highest BCUT2D eigenvalue weighted by atomic mass is 79.9. The van der Waals surface area contributed by atoms with Crippen LogP contribution in [0.4, 0.5) is 0 Å². The first-order valence-corrected chi connectivity index (χ1v) is 6.89. The monoisotopic (exact) mass is 322 g/mol. The second-order valence-electron chi connectivity index (χ2n) is 4.39. The average Bonchev–Trinajstić information content (AvgIpc) is 2.71. The lowest BCUT2D eigenvalue weighted by Crippen LogP contribution is -1.98. The number of aromatic carboxylic acids is 1. The molecule has 2 rings (SSSR count). The molecule has 0 aliphatic heterocycles. The number of aryl methyl sites for hydroxylation is 2. The summed E-state index contributed by atoms with van der Waals surface area (Å²) in [5.41, 5.74) is 3.02. The fourth-order valence-electron chi connectivity index (χ4n) is 2.00. The third-order valence-corrected chi connectivity index (χ3v) is 3.60. The molecule has 0 fully saturated rings. The molecule has 0 saturated carbocycles. The number of carboxylic acids is 1. The first kappa shape index (κ1) is 13.8. The van der Waals surface area contributed by atoms with Gasteiger partial charge in [-0.05, 0) is 47.0 Å². The topological polar surface area (TPSA) is 55.1 Å². The highest BCUT2D eigenvalue weighted by Gasteiger charge is 2.13. The van der Waals surface area contributed by atoms with Gasteiger partial charge in [-0.1, -0.05) is 13.0 Å². The van der Waals surface area contributed by atoms with Gasteiger partial charge in [-0.3, -0.25) is 4.68 Å². The van der Waals surface area contributed by atoms with Gasteiger partial charge in [-0.2, -0.15) is 5.10 Å². The van der Waals surface area contributed by atoms with Crippen LogP contribution >= 0.6 is 15.9 Å². The molecule has 0 atom stereocenters. The molecule has 2 aromatic rings. The highest BCUT2D eigenvalue weighted by Crippen LogP contribution is 2.27. The molecule has 0 aliphatic rings. The molecule has 0 saturated heterocycles. The first-order valence-electron chi connectivity index (χ1n) is 6.10. The fraction of sp³-hybridized carbons (Fsp3) is 0.286. The predicted octanol–water partition coefficient (Wildman–Crippen LogP) is 3.73. The maximum Gasteiger partial charge on any atom is 0.336 e. The van der Waals surface area contributed by atoms with E-state index in [-0.39, 0.29) is 5.56 Å². The SMILES string of the molecule is CCCn1cc(-c2ccc(Br)c(C(=O)O)c2)c(C)n1. The second-order valence-corrected chi connectivity index (χ2v) is 5.25. The highest BCUT2D eigenvalue weighted by molar-refractivity contribution is 9.10. The second kappa shape index (κ2) is 5.57. The van der Waals surface area contributed by atoms with Gasteiger partial charge < -0.3 is 5.11 Å². The van der Waals surface area contributed by atoms with Gasteiger partial charge in [0, 0.05) is 22.8 Å². The lowest BCUT2D eigenvalue weighted by molar-refractivity contribution is 0.0696. The molecule has 19 heavy (non-hydrogen) atoms. The van der Waals surface area contributed by atoms with Crippen molar-refractivity contribution in [2.45, 2.75) is 26.8 Å². The zero-order chi connectivity index (χ0) is 14.0. The smallest absolute Gasteiger partial charge is 0.336 e. The molecule has 0 unspecified atom stereocenters. The Kier molecular flexibility index (Phi) is 4.04. The third kappa shape index (κ3) is 2.87. The molecule has 1 heterocycles. The van der Waals surface area contributed by atoms with Crippen LogP contribution in [0.25, 0.3) is 11.1 Å². The molecule has 0 radical (unpaired) electrons. The number of nitrogens with zero attached hydrogens (tertiary/aromatic N) is 2. The molecule has 0 amide bonds. The van der Waals surface area contributed by atoms with Crippen LogP contribution in [0.1, 0.15) is 29.4 Å². The lowest BCUT2D eigenvalue weighted by Gasteiger charge is -2.03. The van der Waals surface area contributed by atoms with E-state index in [0.29, 0.717) is 4.47 Å². The molecule has 0 bridgehead atoms. The summed E-state index contributed by atoms with van der Waals surface area (Å²) < 4.78 is 2.48. The predicted molar refractivity (Wildman–Crippen MR) is 77.4 cm³/mol. The average molecular weight is 323 g/mol.